The smallest absolute Gasteiger partial charge is 0.127 e. The number of hydrogen-bond acceptors (Lipinski definition) is 2. The van der Waals surface area contributed by atoms with Crippen LogP contribution in [0.3, 0.4) is 0 Å². The molecule has 2 nitrogen and oxygen atoms in total. The Morgan fingerprint density at radius 1 is 1.35 bits per heavy atom. The lowest BCUT2D eigenvalue weighted by atomic mass is 10.1. The third-order valence-corrected chi connectivity index (χ3v) is 2.77. The van der Waals surface area contributed by atoms with Gasteiger partial charge in [-0.1, -0.05) is 17.7 Å². The summed E-state index contributed by atoms with van der Waals surface area (Å²) < 4.78 is 18.8. The first-order valence-electron chi connectivity index (χ1n) is 5.68. The molecule has 0 radical (unpaired) electrons. The molecule has 1 atom stereocenters. The quantitative estimate of drug-likeness (QED) is 0.873. The summed E-state index contributed by atoms with van der Waals surface area (Å²) in [5, 5.41) is 3.24. The van der Waals surface area contributed by atoms with E-state index in [1.165, 1.54) is 6.07 Å². The predicted octanol–water partition coefficient (Wildman–Crippen LogP) is 3.58. The van der Waals surface area contributed by atoms with Crippen LogP contribution in [0.15, 0.2) is 41.0 Å². The molecule has 0 amide bonds. The van der Waals surface area contributed by atoms with Crippen molar-refractivity contribution in [1.29, 1.82) is 0 Å². The lowest BCUT2D eigenvalue weighted by Crippen LogP contribution is -2.18. The van der Waals surface area contributed by atoms with Gasteiger partial charge in [-0.2, -0.15) is 0 Å². The summed E-state index contributed by atoms with van der Waals surface area (Å²) in [6, 6.07) is 8.96. The molecule has 0 aliphatic rings. The zero-order valence-corrected chi connectivity index (χ0v) is 10.0. The number of nitrogens with one attached hydrogen (secondary N) is 1. The predicted molar refractivity (Wildman–Crippen MR) is 65.1 cm³/mol. The minimum Gasteiger partial charge on any atom is -0.468 e. The van der Waals surface area contributed by atoms with Gasteiger partial charge < -0.3 is 9.73 Å². The van der Waals surface area contributed by atoms with Gasteiger partial charge in [-0.05, 0) is 32.0 Å². The number of halogens is 1. The third kappa shape index (κ3) is 2.94. The van der Waals surface area contributed by atoms with Gasteiger partial charge in [0.25, 0.3) is 0 Å². The van der Waals surface area contributed by atoms with E-state index in [0.29, 0.717) is 12.1 Å². The maximum Gasteiger partial charge on any atom is 0.127 e. The summed E-state index contributed by atoms with van der Waals surface area (Å²) in [7, 11) is 0. The monoisotopic (exact) mass is 233 g/mol. The van der Waals surface area contributed by atoms with Crippen LogP contribution in [0.25, 0.3) is 0 Å². The summed E-state index contributed by atoms with van der Waals surface area (Å²) >= 11 is 0. The highest BCUT2D eigenvalue weighted by Gasteiger charge is 2.09. The maximum atomic E-state index is 13.5. The van der Waals surface area contributed by atoms with E-state index in [-0.39, 0.29) is 11.9 Å². The van der Waals surface area contributed by atoms with Crippen molar-refractivity contribution in [2.24, 2.45) is 0 Å². The average molecular weight is 233 g/mol. The Kier molecular flexibility index (Phi) is 3.59. The summed E-state index contributed by atoms with van der Waals surface area (Å²) in [5.41, 5.74) is 1.75. The van der Waals surface area contributed by atoms with E-state index in [2.05, 4.69) is 5.32 Å². The zero-order valence-electron chi connectivity index (χ0n) is 10.0. The summed E-state index contributed by atoms with van der Waals surface area (Å²) in [6.07, 6.45) is 1.64. The number of aryl methyl sites for hydroxylation is 1. The van der Waals surface area contributed by atoms with E-state index in [1.807, 2.05) is 32.0 Å². The lowest BCUT2D eigenvalue weighted by molar-refractivity contribution is 0.427. The van der Waals surface area contributed by atoms with Crippen molar-refractivity contribution in [1.82, 2.24) is 5.32 Å². The Hall–Kier alpha value is -1.61. The molecule has 3 heteroatoms. The highest BCUT2D eigenvalue weighted by atomic mass is 19.1. The van der Waals surface area contributed by atoms with Crippen molar-refractivity contribution in [3.8, 4) is 0 Å². The second-order valence-electron chi connectivity index (χ2n) is 4.21. The fourth-order valence-corrected chi connectivity index (χ4v) is 1.74. The highest BCUT2D eigenvalue weighted by molar-refractivity contribution is 5.24. The van der Waals surface area contributed by atoms with Gasteiger partial charge >= 0.3 is 0 Å². The number of benzene rings is 1. The van der Waals surface area contributed by atoms with Gasteiger partial charge in [-0.3, -0.25) is 0 Å². The second kappa shape index (κ2) is 5.15. The molecule has 0 bridgehead atoms. The molecule has 0 fully saturated rings. The minimum atomic E-state index is -0.172. The van der Waals surface area contributed by atoms with Gasteiger partial charge in [-0.15, -0.1) is 0 Å². The summed E-state index contributed by atoms with van der Waals surface area (Å²) in [4.78, 5) is 0. The van der Waals surface area contributed by atoms with Crippen LogP contribution in [0.1, 0.15) is 29.9 Å². The van der Waals surface area contributed by atoms with Crippen LogP contribution in [0.4, 0.5) is 4.39 Å². The van der Waals surface area contributed by atoms with Crippen LogP contribution in [0.5, 0.6) is 0 Å². The molecule has 0 aliphatic carbocycles. The highest BCUT2D eigenvalue weighted by Crippen LogP contribution is 2.15. The van der Waals surface area contributed by atoms with E-state index in [0.717, 1.165) is 11.3 Å². The molecule has 1 N–H and O–H groups in total. The van der Waals surface area contributed by atoms with Crippen LogP contribution < -0.4 is 5.32 Å². The van der Waals surface area contributed by atoms with Gasteiger partial charge in [0.15, 0.2) is 0 Å². The van der Waals surface area contributed by atoms with Gasteiger partial charge in [0.2, 0.25) is 0 Å². The molecule has 17 heavy (non-hydrogen) atoms. The number of hydrogen-bond donors (Lipinski definition) is 1. The molecule has 90 valence electrons. The van der Waals surface area contributed by atoms with Gasteiger partial charge in [-0.25, -0.2) is 4.39 Å². The largest absolute Gasteiger partial charge is 0.468 e. The number of furan rings is 1. The summed E-state index contributed by atoms with van der Waals surface area (Å²) in [6.45, 7) is 4.45. The molecular weight excluding hydrogens is 217 g/mol. The van der Waals surface area contributed by atoms with E-state index in [1.54, 1.807) is 12.3 Å². The molecule has 0 unspecified atom stereocenters. The van der Waals surface area contributed by atoms with Crippen molar-refractivity contribution < 1.29 is 8.81 Å². The topological polar surface area (TPSA) is 25.2 Å². The third-order valence-electron chi connectivity index (χ3n) is 2.77. The van der Waals surface area contributed by atoms with Gasteiger partial charge in [0, 0.05) is 12.1 Å². The maximum absolute atomic E-state index is 13.5. The second-order valence-corrected chi connectivity index (χ2v) is 4.21. The van der Waals surface area contributed by atoms with Crippen LogP contribution >= 0.6 is 0 Å². The molecule has 2 rings (SSSR count). The summed E-state index contributed by atoms with van der Waals surface area (Å²) in [5.74, 6) is 0.688. The first-order chi connectivity index (χ1) is 8.16. The SMILES string of the molecule is Cc1ccc(F)c(CN[C@@H](C)c2ccco2)c1. The molecule has 0 aliphatic heterocycles. The molecule has 1 aromatic carbocycles. The van der Waals surface area contributed by atoms with Crippen molar-refractivity contribution >= 4 is 0 Å². The fourth-order valence-electron chi connectivity index (χ4n) is 1.74. The minimum absolute atomic E-state index is 0.0740. The Labute approximate surface area is 100 Å². The van der Waals surface area contributed by atoms with Crippen molar-refractivity contribution in [2.75, 3.05) is 0 Å². The first kappa shape index (κ1) is 11.9. The molecule has 0 saturated heterocycles. The Morgan fingerprint density at radius 2 is 2.18 bits per heavy atom. The molecule has 1 aromatic heterocycles. The van der Waals surface area contributed by atoms with Gasteiger partial charge in [0.1, 0.15) is 11.6 Å². The molecular formula is C14H16FNO. The Balaban J connectivity index is 2.00. The first-order valence-corrected chi connectivity index (χ1v) is 5.68. The van der Waals surface area contributed by atoms with Crippen molar-refractivity contribution in [3.05, 3.63) is 59.3 Å². The van der Waals surface area contributed by atoms with Crippen LogP contribution in [-0.2, 0) is 6.54 Å². The molecule has 0 spiro atoms. The lowest BCUT2D eigenvalue weighted by Gasteiger charge is -2.12. The zero-order chi connectivity index (χ0) is 12.3. The Morgan fingerprint density at radius 3 is 2.88 bits per heavy atom. The van der Waals surface area contributed by atoms with Crippen LogP contribution in [-0.4, -0.2) is 0 Å². The van der Waals surface area contributed by atoms with Crippen molar-refractivity contribution in [3.63, 3.8) is 0 Å². The molecule has 1 heterocycles. The van der Waals surface area contributed by atoms with E-state index in [4.69, 9.17) is 4.42 Å². The van der Waals surface area contributed by atoms with Gasteiger partial charge in [0.05, 0.1) is 12.3 Å². The molecule has 0 saturated carbocycles. The standard InChI is InChI=1S/C14H16FNO/c1-10-5-6-13(15)12(8-10)9-16-11(2)14-4-3-7-17-14/h3-8,11,16H,9H2,1-2H3/t11-/m0/s1. The molecule has 2 aromatic rings. The normalized spacial score (nSPS) is 12.6. The average Bonchev–Trinajstić information content (AvgIpc) is 2.83. The van der Waals surface area contributed by atoms with E-state index < -0.39 is 0 Å². The number of rotatable bonds is 4. The van der Waals surface area contributed by atoms with Crippen LogP contribution in [0, 0.1) is 12.7 Å². The van der Waals surface area contributed by atoms with Crippen molar-refractivity contribution in [2.45, 2.75) is 26.4 Å². The Bertz CT molecular complexity index is 479. The van der Waals surface area contributed by atoms with Crippen LogP contribution in [0.2, 0.25) is 0 Å². The van der Waals surface area contributed by atoms with E-state index in [9.17, 15) is 4.39 Å². The van der Waals surface area contributed by atoms with E-state index >= 15 is 0 Å². The fraction of sp³-hybridized carbons (Fsp3) is 0.286.